The van der Waals surface area contributed by atoms with Gasteiger partial charge in [0.15, 0.2) is 11.5 Å². The van der Waals surface area contributed by atoms with Crippen LogP contribution in [0.15, 0.2) is 24.9 Å². The molecule has 0 aliphatic heterocycles. The second-order valence-electron chi connectivity index (χ2n) is 6.66. The average molecular weight is 399 g/mol. The SMILES string of the molecule is CCN(CC)c1c(C(C)Nc2ncnc3nc[nH]c23)cc(Cl)c2cnc(C)n12. The minimum atomic E-state index is -0.0549. The number of anilines is 2. The predicted molar refractivity (Wildman–Crippen MR) is 112 cm³/mol. The third-order valence-electron chi connectivity index (χ3n) is 5.04. The Morgan fingerprint density at radius 2 is 2.00 bits per heavy atom. The molecule has 0 saturated carbocycles. The fourth-order valence-corrected chi connectivity index (χ4v) is 3.86. The minimum Gasteiger partial charge on any atom is -0.362 e. The van der Waals surface area contributed by atoms with Gasteiger partial charge in [0.25, 0.3) is 0 Å². The van der Waals surface area contributed by atoms with Gasteiger partial charge in [0.2, 0.25) is 0 Å². The van der Waals surface area contributed by atoms with Crippen molar-refractivity contribution in [2.75, 3.05) is 23.3 Å². The highest BCUT2D eigenvalue weighted by Gasteiger charge is 2.22. The molecule has 146 valence electrons. The number of H-pyrrole nitrogens is 1. The van der Waals surface area contributed by atoms with Gasteiger partial charge in [-0.3, -0.25) is 4.40 Å². The number of rotatable bonds is 6. The van der Waals surface area contributed by atoms with Crippen molar-refractivity contribution >= 4 is 39.9 Å². The van der Waals surface area contributed by atoms with Crippen LogP contribution >= 0.6 is 11.6 Å². The Balaban J connectivity index is 1.86. The van der Waals surface area contributed by atoms with Crippen LogP contribution in [0.25, 0.3) is 16.7 Å². The van der Waals surface area contributed by atoms with Crippen LogP contribution in [0.1, 0.15) is 38.2 Å². The van der Waals surface area contributed by atoms with Crippen molar-refractivity contribution in [2.24, 2.45) is 0 Å². The Morgan fingerprint density at radius 3 is 2.75 bits per heavy atom. The Bertz CT molecular complexity index is 1130. The topological polar surface area (TPSA) is 87.0 Å². The van der Waals surface area contributed by atoms with E-state index in [0.29, 0.717) is 16.5 Å². The number of aryl methyl sites for hydroxylation is 1. The maximum absolute atomic E-state index is 6.61. The number of fused-ring (bicyclic) bond motifs is 2. The van der Waals surface area contributed by atoms with E-state index < -0.39 is 0 Å². The maximum Gasteiger partial charge on any atom is 0.182 e. The van der Waals surface area contributed by atoms with Crippen molar-refractivity contribution < 1.29 is 0 Å². The van der Waals surface area contributed by atoms with Crippen molar-refractivity contribution in [1.29, 1.82) is 0 Å². The van der Waals surface area contributed by atoms with E-state index >= 15 is 0 Å². The van der Waals surface area contributed by atoms with Crippen molar-refractivity contribution in [3.63, 3.8) is 0 Å². The van der Waals surface area contributed by atoms with E-state index in [1.165, 1.54) is 6.33 Å². The number of nitrogens with one attached hydrogen (secondary N) is 2. The van der Waals surface area contributed by atoms with Crippen LogP contribution in [-0.2, 0) is 0 Å². The molecule has 28 heavy (non-hydrogen) atoms. The summed E-state index contributed by atoms with van der Waals surface area (Å²) in [6, 6.07) is 1.97. The van der Waals surface area contributed by atoms with Crippen molar-refractivity contribution in [3.8, 4) is 0 Å². The van der Waals surface area contributed by atoms with E-state index in [2.05, 4.69) is 60.3 Å². The molecule has 0 aromatic carbocycles. The highest BCUT2D eigenvalue weighted by Crippen LogP contribution is 2.35. The Morgan fingerprint density at radius 1 is 1.21 bits per heavy atom. The van der Waals surface area contributed by atoms with Crippen molar-refractivity contribution in [2.45, 2.75) is 33.7 Å². The molecule has 4 aromatic heterocycles. The zero-order chi connectivity index (χ0) is 19.8. The first-order valence-electron chi connectivity index (χ1n) is 9.37. The smallest absolute Gasteiger partial charge is 0.182 e. The first-order chi connectivity index (χ1) is 13.5. The molecule has 0 spiro atoms. The minimum absolute atomic E-state index is 0.0549. The van der Waals surface area contributed by atoms with E-state index in [1.807, 2.05) is 19.2 Å². The zero-order valence-electron chi connectivity index (χ0n) is 16.4. The summed E-state index contributed by atoms with van der Waals surface area (Å²) < 4.78 is 2.13. The van der Waals surface area contributed by atoms with Gasteiger partial charge in [-0.25, -0.2) is 19.9 Å². The molecule has 0 saturated heterocycles. The highest BCUT2D eigenvalue weighted by molar-refractivity contribution is 6.34. The lowest BCUT2D eigenvalue weighted by atomic mass is 10.1. The molecule has 2 N–H and O–H groups in total. The molecule has 0 bridgehead atoms. The van der Waals surface area contributed by atoms with Crippen LogP contribution in [0.2, 0.25) is 5.02 Å². The van der Waals surface area contributed by atoms with E-state index in [0.717, 1.165) is 41.3 Å². The molecule has 1 atom stereocenters. The summed E-state index contributed by atoms with van der Waals surface area (Å²) in [6.07, 6.45) is 4.96. The lowest BCUT2D eigenvalue weighted by Gasteiger charge is -2.29. The van der Waals surface area contributed by atoms with E-state index in [-0.39, 0.29) is 6.04 Å². The molecule has 9 heteroatoms. The summed E-state index contributed by atoms with van der Waals surface area (Å²) >= 11 is 6.61. The van der Waals surface area contributed by atoms with E-state index in [1.54, 1.807) is 6.33 Å². The summed E-state index contributed by atoms with van der Waals surface area (Å²) in [7, 11) is 0. The third kappa shape index (κ3) is 2.93. The number of pyridine rings is 1. The molecule has 4 heterocycles. The summed E-state index contributed by atoms with van der Waals surface area (Å²) in [6.45, 7) is 10.1. The Labute approximate surface area is 168 Å². The fraction of sp³-hybridized carbons (Fsp3) is 0.368. The third-order valence-corrected chi connectivity index (χ3v) is 5.34. The van der Waals surface area contributed by atoms with Gasteiger partial charge >= 0.3 is 0 Å². The van der Waals surface area contributed by atoms with E-state index in [9.17, 15) is 0 Å². The maximum atomic E-state index is 6.61. The number of nitrogens with zero attached hydrogens (tertiary/aromatic N) is 6. The van der Waals surface area contributed by atoms with Gasteiger partial charge in [-0.1, -0.05) is 11.6 Å². The van der Waals surface area contributed by atoms with Crippen LogP contribution in [0.4, 0.5) is 11.6 Å². The second-order valence-corrected chi connectivity index (χ2v) is 7.07. The molecule has 1 unspecified atom stereocenters. The van der Waals surface area contributed by atoms with Crippen LogP contribution in [0.5, 0.6) is 0 Å². The lowest BCUT2D eigenvalue weighted by Crippen LogP contribution is -2.27. The molecule has 0 aliphatic rings. The molecule has 0 aliphatic carbocycles. The van der Waals surface area contributed by atoms with Crippen LogP contribution in [-0.4, -0.2) is 42.4 Å². The summed E-state index contributed by atoms with van der Waals surface area (Å²) in [4.78, 5) is 22.7. The molecular weight excluding hydrogens is 376 g/mol. The van der Waals surface area contributed by atoms with Crippen LogP contribution < -0.4 is 10.2 Å². The first kappa shape index (κ1) is 18.5. The van der Waals surface area contributed by atoms with Gasteiger partial charge in [-0.15, -0.1) is 0 Å². The van der Waals surface area contributed by atoms with Gasteiger partial charge in [0.05, 0.1) is 29.1 Å². The Hall–Kier alpha value is -2.87. The van der Waals surface area contributed by atoms with Crippen LogP contribution in [0.3, 0.4) is 0 Å². The number of hydrogen-bond donors (Lipinski definition) is 2. The molecule has 0 radical (unpaired) electrons. The summed E-state index contributed by atoms with van der Waals surface area (Å²) in [5.74, 6) is 2.71. The number of imidazole rings is 2. The summed E-state index contributed by atoms with van der Waals surface area (Å²) in [5.41, 5.74) is 3.40. The predicted octanol–water partition coefficient (Wildman–Crippen LogP) is 3.98. The lowest BCUT2D eigenvalue weighted by molar-refractivity contribution is 0.786. The molecular formula is C19H23ClN8. The monoisotopic (exact) mass is 398 g/mol. The largest absolute Gasteiger partial charge is 0.362 e. The van der Waals surface area contributed by atoms with Crippen molar-refractivity contribution in [1.82, 2.24) is 29.3 Å². The normalized spacial score (nSPS) is 12.6. The summed E-state index contributed by atoms with van der Waals surface area (Å²) in [5, 5.41) is 4.17. The number of aromatic nitrogens is 6. The fourth-order valence-electron chi connectivity index (χ4n) is 3.61. The number of hydrogen-bond acceptors (Lipinski definition) is 6. The van der Waals surface area contributed by atoms with E-state index in [4.69, 9.17) is 11.6 Å². The van der Waals surface area contributed by atoms with Gasteiger partial charge in [-0.2, -0.15) is 0 Å². The average Bonchev–Trinajstić information content (AvgIpc) is 3.32. The number of aromatic amines is 1. The standard InChI is InChI=1S/C19H23ClN8/c1-5-27(6-2)19-13(7-14(20)15-8-21-12(4)28(15)19)11(3)26-18-16-17(23-9-22-16)24-10-25-18/h7-11H,5-6H2,1-4H3,(H2,22,23,24,25,26). The van der Waals surface area contributed by atoms with Gasteiger partial charge in [0, 0.05) is 18.7 Å². The van der Waals surface area contributed by atoms with Crippen LogP contribution in [0, 0.1) is 6.92 Å². The van der Waals surface area contributed by atoms with Gasteiger partial charge < -0.3 is 15.2 Å². The van der Waals surface area contributed by atoms with Gasteiger partial charge in [-0.05, 0) is 33.8 Å². The van der Waals surface area contributed by atoms with Gasteiger partial charge in [0.1, 0.15) is 23.5 Å². The molecule has 8 nitrogen and oxygen atoms in total. The Kier molecular flexibility index (Phi) is 4.80. The molecule has 4 rings (SSSR count). The molecule has 0 fully saturated rings. The molecule has 4 aromatic rings. The second kappa shape index (κ2) is 7.27. The quantitative estimate of drug-likeness (QED) is 0.510. The first-order valence-corrected chi connectivity index (χ1v) is 9.74. The van der Waals surface area contributed by atoms with Crippen molar-refractivity contribution in [3.05, 3.63) is 41.3 Å². The highest BCUT2D eigenvalue weighted by atomic mass is 35.5. The number of halogens is 1. The molecule has 0 amide bonds. The zero-order valence-corrected chi connectivity index (χ0v) is 17.1.